The zero-order valence-electron chi connectivity index (χ0n) is 18.3. The first-order valence-electron chi connectivity index (χ1n) is 10.6. The second-order valence-electron chi connectivity index (χ2n) is 9.20. The zero-order chi connectivity index (χ0) is 23.4. The Balaban J connectivity index is 1.31. The second kappa shape index (κ2) is 7.46. The minimum Gasteiger partial charge on any atom is -0.383 e. The predicted octanol–water partition coefficient (Wildman–Crippen LogP) is 3.05. The van der Waals surface area contributed by atoms with Crippen LogP contribution in [0.3, 0.4) is 0 Å². The van der Waals surface area contributed by atoms with Crippen LogP contribution in [0.1, 0.15) is 37.1 Å². The molecule has 3 aromatic rings. The van der Waals surface area contributed by atoms with Crippen LogP contribution in [-0.2, 0) is 17.5 Å². The second-order valence-corrected chi connectivity index (χ2v) is 9.61. The van der Waals surface area contributed by atoms with E-state index < -0.39 is 5.54 Å². The number of likely N-dealkylation sites (tertiary alicyclic amines) is 1. The van der Waals surface area contributed by atoms with E-state index in [-0.39, 0.29) is 17.3 Å². The number of nitrogens with zero attached hydrogens (tertiary/aromatic N) is 6. The largest absolute Gasteiger partial charge is 0.383 e. The molecule has 168 valence electrons. The third kappa shape index (κ3) is 3.47. The summed E-state index contributed by atoms with van der Waals surface area (Å²) in [6.45, 7) is 5.88. The Hall–Kier alpha value is -3.64. The molecule has 9 nitrogen and oxygen atoms in total. The molecule has 1 saturated heterocycles. The van der Waals surface area contributed by atoms with Crippen molar-refractivity contribution in [2.45, 2.75) is 37.8 Å². The molecule has 3 N–H and O–H groups in total. The number of nitrogens with two attached hydrogens (primary N) is 1. The molecule has 0 radical (unpaired) electrons. The van der Waals surface area contributed by atoms with Crippen LogP contribution in [0.5, 0.6) is 0 Å². The van der Waals surface area contributed by atoms with Gasteiger partial charge in [-0.05, 0) is 44.0 Å². The summed E-state index contributed by atoms with van der Waals surface area (Å²) in [5.74, 6) is 0.209. The maximum Gasteiger partial charge on any atom is 0.318 e. The number of aryl methyl sites for hydroxylation is 1. The number of hydrogen-bond acceptors (Lipinski definition) is 6. The molecule has 0 atom stereocenters. The number of pyridine rings is 2. The van der Waals surface area contributed by atoms with E-state index in [0.29, 0.717) is 23.7 Å². The monoisotopic (exact) mass is 462 g/mol. The van der Waals surface area contributed by atoms with Crippen molar-refractivity contribution in [2.24, 2.45) is 0 Å². The Morgan fingerprint density at radius 1 is 1.33 bits per heavy atom. The minimum absolute atomic E-state index is 0.111. The Morgan fingerprint density at radius 2 is 2.12 bits per heavy atom. The van der Waals surface area contributed by atoms with Crippen molar-refractivity contribution in [3.63, 3.8) is 0 Å². The number of nitriles is 1. The Bertz CT molecular complexity index is 1300. The van der Waals surface area contributed by atoms with Crippen molar-refractivity contribution < 1.29 is 4.79 Å². The normalized spacial score (nSPS) is 16.2. The number of aromatic nitrogens is 4. The zero-order valence-corrected chi connectivity index (χ0v) is 19.1. The van der Waals surface area contributed by atoms with E-state index in [9.17, 15) is 10.1 Å². The molecule has 5 heterocycles. The van der Waals surface area contributed by atoms with Crippen molar-refractivity contribution in [1.82, 2.24) is 30.0 Å². The SMILES string of the molecule is CC(C)(NC(=O)N1CC2(CCn3nc(-c4cnc(N)c(C#N)c4)cc32)C1)c1ccncc1Cl. The Morgan fingerprint density at radius 3 is 2.85 bits per heavy atom. The van der Waals surface area contributed by atoms with Gasteiger partial charge in [0.25, 0.3) is 0 Å². The number of carbonyl (C=O) groups is 1. The fourth-order valence-electron chi connectivity index (χ4n) is 4.75. The molecular weight excluding hydrogens is 440 g/mol. The number of hydrogen-bond donors (Lipinski definition) is 2. The fraction of sp³-hybridized carbons (Fsp3) is 0.348. The first kappa shape index (κ1) is 21.2. The molecule has 2 aliphatic heterocycles. The molecule has 2 amide bonds. The standard InChI is InChI=1S/C23H23ClN8O/c1-22(2,16-3-5-27-11-17(16)24)29-21(33)31-12-23(13-31)4-6-32-19(23)8-18(30-32)15-7-14(9-25)20(26)28-10-15/h3,5,7-8,10-11H,4,6,12-13H2,1-2H3,(H2,26,28)(H,29,33). The molecule has 1 fully saturated rings. The van der Waals surface area contributed by atoms with Crippen molar-refractivity contribution >= 4 is 23.4 Å². The van der Waals surface area contributed by atoms with Crippen LogP contribution in [0, 0.1) is 11.3 Å². The van der Waals surface area contributed by atoms with Gasteiger partial charge in [-0.1, -0.05) is 11.6 Å². The van der Waals surface area contributed by atoms with Gasteiger partial charge in [-0.25, -0.2) is 9.78 Å². The number of rotatable bonds is 3. The van der Waals surface area contributed by atoms with Crippen LogP contribution in [0.15, 0.2) is 36.8 Å². The molecule has 5 rings (SSSR count). The first-order valence-corrected chi connectivity index (χ1v) is 11.0. The van der Waals surface area contributed by atoms with Crippen molar-refractivity contribution in [1.29, 1.82) is 5.26 Å². The van der Waals surface area contributed by atoms with E-state index in [1.165, 1.54) is 0 Å². The summed E-state index contributed by atoms with van der Waals surface area (Å²) in [5.41, 5.74) is 8.76. The lowest BCUT2D eigenvalue weighted by molar-refractivity contribution is 0.0871. The van der Waals surface area contributed by atoms with Crippen LogP contribution >= 0.6 is 11.6 Å². The van der Waals surface area contributed by atoms with Gasteiger partial charge in [-0.15, -0.1) is 0 Å². The van der Waals surface area contributed by atoms with Crippen LogP contribution in [-0.4, -0.2) is 43.8 Å². The highest BCUT2D eigenvalue weighted by Crippen LogP contribution is 2.44. The van der Waals surface area contributed by atoms with Gasteiger partial charge < -0.3 is 16.0 Å². The summed E-state index contributed by atoms with van der Waals surface area (Å²) in [6.07, 6.45) is 5.81. The van der Waals surface area contributed by atoms with Crippen LogP contribution in [0.25, 0.3) is 11.3 Å². The van der Waals surface area contributed by atoms with Gasteiger partial charge >= 0.3 is 6.03 Å². The summed E-state index contributed by atoms with van der Waals surface area (Å²) in [4.78, 5) is 22.9. The number of amides is 2. The fourth-order valence-corrected chi connectivity index (χ4v) is 5.11. The molecule has 0 saturated carbocycles. The van der Waals surface area contributed by atoms with Crippen molar-refractivity contribution in [2.75, 3.05) is 18.8 Å². The molecule has 10 heteroatoms. The number of fused-ring (bicyclic) bond motifs is 2. The quantitative estimate of drug-likeness (QED) is 0.616. The summed E-state index contributed by atoms with van der Waals surface area (Å²) in [7, 11) is 0. The molecule has 2 aliphatic rings. The average Bonchev–Trinajstić information content (AvgIpc) is 3.32. The Labute approximate surface area is 196 Å². The lowest BCUT2D eigenvalue weighted by Crippen LogP contribution is -2.64. The van der Waals surface area contributed by atoms with Crippen LogP contribution < -0.4 is 11.1 Å². The van der Waals surface area contributed by atoms with E-state index >= 15 is 0 Å². The van der Waals surface area contributed by atoms with Crippen LogP contribution in [0.4, 0.5) is 10.6 Å². The maximum absolute atomic E-state index is 13.0. The molecule has 0 aliphatic carbocycles. The topological polar surface area (TPSA) is 126 Å². The summed E-state index contributed by atoms with van der Waals surface area (Å²) in [5, 5.41) is 17.6. The lowest BCUT2D eigenvalue weighted by atomic mass is 9.76. The molecule has 33 heavy (non-hydrogen) atoms. The van der Waals surface area contributed by atoms with Crippen molar-refractivity contribution in [3.05, 3.63) is 58.6 Å². The van der Waals surface area contributed by atoms with Gasteiger partial charge in [-0.2, -0.15) is 10.4 Å². The van der Waals surface area contributed by atoms with E-state index in [2.05, 4.69) is 21.4 Å². The summed E-state index contributed by atoms with van der Waals surface area (Å²) in [6, 6.07) is 7.50. The minimum atomic E-state index is -0.634. The van der Waals surface area contributed by atoms with E-state index in [1.54, 1.807) is 24.7 Å². The number of nitrogens with one attached hydrogen (secondary N) is 1. The number of halogens is 1. The summed E-state index contributed by atoms with van der Waals surface area (Å²) >= 11 is 6.29. The van der Waals surface area contributed by atoms with Gasteiger partial charge in [0.1, 0.15) is 11.9 Å². The highest BCUT2D eigenvalue weighted by Gasteiger charge is 2.51. The van der Waals surface area contributed by atoms with Gasteiger partial charge in [0, 0.05) is 54.9 Å². The molecular formula is C23H23ClN8O. The van der Waals surface area contributed by atoms with Gasteiger partial charge in [0.15, 0.2) is 0 Å². The smallest absolute Gasteiger partial charge is 0.318 e. The van der Waals surface area contributed by atoms with Gasteiger partial charge in [0.2, 0.25) is 0 Å². The first-order chi connectivity index (χ1) is 15.7. The molecule has 0 unspecified atom stereocenters. The molecule has 3 aromatic heterocycles. The van der Waals surface area contributed by atoms with E-state index in [1.807, 2.05) is 35.6 Å². The molecule has 0 bridgehead atoms. The third-order valence-electron chi connectivity index (χ3n) is 6.60. The highest BCUT2D eigenvalue weighted by atomic mass is 35.5. The van der Waals surface area contributed by atoms with E-state index in [0.717, 1.165) is 35.5 Å². The number of nitrogen functional groups attached to an aromatic ring is 1. The van der Waals surface area contributed by atoms with Crippen LogP contribution in [0.2, 0.25) is 5.02 Å². The summed E-state index contributed by atoms with van der Waals surface area (Å²) < 4.78 is 1.99. The number of carbonyl (C=O) groups excluding carboxylic acids is 1. The van der Waals surface area contributed by atoms with Crippen molar-refractivity contribution in [3.8, 4) is 17.3 Å². The maximum atomic E-state index is 13.0. The number of urea groups is 1. The predicted molar refractivity (Wildman–Crippen MR) is 123 cm³/mol. The average molecular weight is 463 g/mol. The molecule has 0 aromatic carbocycles. The van der Waals surface area contributed by atoms with E-state index in [4.69, 9.17) is 22.4 Å². The van der Waals surface area contributed by atoms with Gasteiger partial charge in [0.05, 0.1) is 21.8 Å². The number of anilines is 1. The van der Waals surface area contributed by atoms with Gasteiger partial charge in [-0.3, -0.25) is 9.67 Å². The molecule has 1 spiro atoms. The Kier molecular flexibility index (Phi) is 4.79. The highest BCUT2D eigenvalue weighted by molar-refractivity contribution is 6.31. The lowest BCUT2D eigenvalue weighted by Gasteiger charge is -2.48. The third-order valence-corrected chi connectivity index (χ3v) is 6.90.